The number of hydrogen-bond donors (Lipinski definition) is 1. The third kappa shape index (κ3) is 2.37. The summed E-state index contributed by atoms with van der Waals surface area (Å²) >= 11 is 0. The molecule has 0 saturated heterocycles. The van der Waals surface area contributed by atoms with Crippen LogP contribution in [0.5, 0.6) is 0 Å². The van der Waals surface area contributed by atoms with Crippen molar-refractivity contribution in [3.05, 3.63) is 35.7 Å². The van der Waals surface area contributed by atoms with E-state index in [1.165, 1.54) is 5.56 Å². The van der Waals surface area contributed by atoms with Crippen LogP contribution in [0.1, 0.15) is 11.5 Å². The molecule has 0 unspecified atom stereocenters. The summed E-state index contributed by atoms with van der Waals surface area (Å²) in [5.41, 5.74) is 2.02. The molecule has 19 heavy (non-hydrogen) atoms. The molecule has 0 aliphatic carbocycles. The van der Waals surface area contributed by atoms with E-state index in [2.05, 4.69) is 28.5 Å². The molecule has 1 aromatic carbocycles. The molecule has 3 rings (SSSR count). The van der Waals surface area contributed by atoms with Crippen molar-refractivity contribution in [2.45, 2.75) is 13.3 Å². The van der Waals surface area contributed by atoms with Gasteiger partial charge in [-0.15, -0.1) is 10.2 Å². The summed E-state index contributed by atoms with van der Waals surface area (Å²) in [7, 11) is 1.89. The highest BCUT2D eigenvalue weighted by molar-refractivity contribution is 5.82. The van der Waals surface area contributed by atoms with Gasteiger partial charge in [-0.2, -0.15) is 0 Å². The molecule has 5 nitrogen and oxygen atoms in total. The predicted molar refractivity (Wildman–Crippen MR) is 71.9 cm³/mol. The van der Waals surface area contributed by atoms with Gasteiger partial charge in [0.2, 0.25) is 5.89 Å². The average Bonchev–Trinajstić information content (AvgIpc) is 3.01. The Balaban J connectivity index is 1.92. The summed E-state index contributed by atoms with van der Waals surface area (Å²) < 4.78 is 11.3. The molecule has 2 aromatic heterocycles. The molecule has 0 radical (unpaired) electrons. The van der Waals surface area contributed by atoms with Crippen LogP contribution in [0, 0.1) is 6.92 Å². The number of nitrogens with zero attached hydrogens (tertiary/aromatic N) is 2. The molecule has 5 heteroatoms. The Labute approximate surface area is 110 Å². The number of aryl methyl sites for hydroxylation is 1. The van der Waals surface area contributed by atoms with Gasteiger partial charge in [0.1, 0.15) is 5.58 Å². The van der Waals surface area contributed by atoms with Crippen LogP contribution >= 0.6 is 0 Å². The maximum atomic E-state index is 5.72. The zero-order chi connectivity index (χ0) is 13.2. The van der Waals surface area contributed by atoms with E-state index in [0.29, 0.717) is 24.0 Å². The number of nitrogens with one attached hydrogen (secondary N) is 1. The molecular formula is C14H15N3O2. The van der Waals surface area contributed by atoms with Crippen LogP contribution in [-0.2, 0) is 6.42 Å². The highest BCUT2D eigenvalue weighted by Gasteiger charge is 2.13. The summed E-state index contributed by atoms with van der Waals surface area (Å²) in [6.45, 7) is 2.86. The van der Waals surface area contributed by atoms with Crippen molar-refractivity contribution in [1.82, 2.24) is 15.5 Å². The minimum absolute atomic E-state index is 0.431. The Bertz CT molecular complexity index is 700. The van der Waals surface area contributed by atoms with E-state index in [9.17, 15) is 0 Å². The second-order valence-corrected chi connectivity index (χ2v) is 4.51. The van der Waals surface area contributed by atoms with Gasteiger partial charge in [-0.25, -0.2) is 0 Å². The molecule has 0 atom stereocenters. The first-order valence-electron chi connectivity index (χ1n) is 6.24. The molecule has 3 aromatic rings. The fraction of sp³-hybridized carbons (Fsp3) is 0.286. The third-order valence-corrected chi connectivity index (χ3v) is 2.94. The first-order valence-corrected chi connectivity index (χ1v) is 6.24. The van der Waals surface area contributed by atoms with Crippen LogP contribution < -0.4 is 5.32 Å². The Morgan fingerprint density at radius 3 is 2.89 bits per heavy atom. The third-order valence-electron chi connectivity index (χ3n) is 2.94. The molecule has 0 aliphatic heterocycles. The van der Waals surface area contributed by atoms with Crippen LogP contribution in [0.25, 0.3) is 22.6 Å². The zero-order valence-corrected chi connectivity index (χ0v) is 10.9. The Hall–Kier alpha value is -2.14. The monoisotopic (exact) mass is 257 g/mol. The maximum Gasteiger partial charge on any atom is 0.283 e. The van der Waals surface area contributed by atoms with Crippen LogP contribution in [0.3, 0.4) is 0 Å². The molecule has 98 valence electrons. The molecule has 0 bridgehead atoms. The standard InChI is InChI=1S/C14H15N3O2/c1-9-3-4-11-10(7-9)8-12(18-11)14-17-16-13(19-14)5-6-15-2/h3-4,7-8,15H,5-6H2,1-2H3. The van der Waals surface area contributed by atoms with Crippen LogP contribution in [0.2, 0.25) is 0 Å². The van der Waals surface area contributed by atoms with Gasteiger partial charge in [0.25, 0.3) is 5.89 Å². The number of rotatable bonds is 4. The summed E-state index contributed by atoms with van der Waals surface area (Å²) in [5, 5.41) is 12.1. The smallest absolute Gasteiger partial charge is 0.283 e. The van der Waals surface area contributed by atoms with E-state index in [4.69, 9.17) is 8.83 Å². The summed E-state index contributed by atoms with van der Waals surface area (Å²) in [5.74, 6) is 1.66. The van der Waals surface area contributed by atoms with Crippen molar-refractivity contribution < 1.29 is 8.83 Å². The van der Waals surface area contributed by atoms with Crippen molar-refractivity contribution in [2.75, 3.05) is 13.6 Å². The number of fused-ring (bicyclic) bond motifs is 1. The lowest BCUT2D eigenvalue weighted by molar-refractivity contribution is 0.483. The Morgan fingerprint density at radius 1 is 1.16 bits per heavy atom. The van der Waals surface area contributed by atoms with Gasteiger partial charge in [0.15, 0.2) is 5.76 Å². The van der Waals surface area contributed by atoms with E-state index in [1.807, 2.05) is 25.2 Å². The second kappa shape index (κ2) is 4.85. The van der Waals surface area contributed by atoms with Gasteiger partial charge in [-0.05, 0) is 32.2 Å². The lowest BCUT2D eigenvalue weighted by Gasteiger charge is -1.91. The highest BCUT2D eigenvalue weighted by atomic mass is 16.4. The van der Waals surface area contributed by atoms with Crippen LogP contribution in [-0.4, -0.2) is 23.8 Å². The van der Waals surface area contributed by atoms with E-state index in [0.717, 1.165) is 17.5 Å². The quantitative estimate of drug-likeness (QED) is 0.778. The van der Waals surface area contributed by atoms with Crippen molar-refractivity contribution in [3.63, 3.8) is 0 Å². The van der Waals surface area contributed by atoms with Crippen molar-refractivity contribution in [2.24, 2.45) is 0 Å². The molecular weight excluding hydrogens is 242 g/mol. The topological polar surface area (TPSA) is 64.1 Å². The SMILES string of the molecule is CNCCc1nnc(-c2cc3cc(C)ccc3o2)o1. The number of benzene rings is 1. The summed E-state index contributed by atoms with van der Waals surface area (Å²) in [6.07, 6.45) is 0.711. The van der Waals surface area contributed by atoms with E-state index < -0.39 is 0 Å². The fourth-order valence-electron chi connectivity index (χ4n) is 1.95. The predicted octanol–water partition coefficient (Wildman–Crippen LogP) is 2.55. The molecule has 0 spiro atoms. The largest absolute Gasteiger partial charge is 0.451 e. The molecule has 0 aliphatic rings. The molecule has 2 heterocycles. The maximum absolute atomic E-state index is 5.72. The number of furan rings is 1. The first kappa shape index (κ1) is 11.9. The van der Waals surface area contributed by atoms with Crippen LogP contribution in [0.4, 0.5) is 0 Å². The van der Waals surface area contributed by atoms with Crippen molar-refractivity contribution >= 4 is 11.0 Å². The van der Waals surface area contributed by atoms with E-state index >= 15 is 0 Å². The van der Waals surface area contributed by atoms with E-state index in [1.54, 1.807) is 0 Å². The van der Waals surface area contributed by atoms with Crippen LogP contribution in [0.15, 0.2) is 33.1 Å². The lowest BCUT2D eigenvalue weighted by Crippen LogP contribution is -2.10. The minimum Gasteiger partial charge on any atom is -0.451 e. The van der Waals surface area contributed by atoms with Gasteiger partial charge in [0.05, 0.1) is 0 Å². The van der Waals surface area contributed by atoms with Crippen molar-refractivity contribution in [1.29, 1.82) is 0 Å². The Kier molecular flexibility index (Phi) is 3.05. The zero-order valence-electron chi connectivity index (χ0n) is 10.9. The van der Waals surface area contributed by atoms with Gasteiger partial charge < -0.3 is 14.2 Å². The van der Waals surface area contributed by atoms with Gasteiger partial charge in [-0.1, -0.05) is 11.6 Å². The minimum atomic E-state index is 0.431. The van der Waals surface area contributed by atoms with Crippen molar-refractivity contribution in [3.8, 4) is 11.7 Å². The molecule has 1 N–H and O–H groups in total. The number of aromatic nitrogens is 2. The Morgan fingerprint density at radius 2 is 2.05 bits per heavy atom. The molecule has 0 saturated carbocycles. The summed E-state index contributed by atoms with van der Waals surface area (Å²) in [6, 6.07) is 7.96. The lowest BCUT2D eigenvalue weighted by atomic mass is 10.2. The number of likely N-dealkylation sites (N-methyl/N-ethyl adjacent to an activating group) is 1. The normalized spacial score (nSPS) is 11.3. The van der Waals surface area contributed by atoms with E-state index in [-0.39, 0.29) is 0 Å². The fourth-order valence-corrected chi connectivity index (χ4v) is 1.95. The molecule has 0 fully saturated rings. The van der Waals surface area contributed by atoms with Gasteiger partial charge >= 0.3 is 0 Å². The number of hydrogen-bond acceptors (Lipinski definition) is 5. The summed E-state index contributed by atoms with van der Waals surface area (Å²) in [4.78, 5) is 0. The van der Waals surface area contributed by atoms with Gasteiger partial charge in [0, 0.05) is 18.4 Å². The average molecular weight is 257 g/mol. The highest BCUT2D eigenvalue weighted by Crippen LogP contribution is 2.27. The first-order chi connectivity index (χ1) is 9.26. The molecule has 0 amide bonds. The van der Waals surface area contributed by atoms with Gasteiger partial charge in [-0.3, -0.25) is 0 Å². The second-order valence-electron chi connectivity index (χ2n) is 4.51.